The van der Waals surface area contributed by atoms with Crippen molar-refractivity contribution in [1.82, 2.24) is 15.0 Å². The first-order valence-corrected chi connectivity index (χ1v) is 9.13. The number of nitrogens with zero attached hydrogens (tertiary/aromatic N) is 4. The van der Waals surface area contributed by atoms with Gasteiger partial charge in [0.05, 0.1) is 25.5 Å². The Morgan fingerprint density at radius 2 is 1.63 bits per heavy atom. The van der Waals surface area contributed by atoms with Crippen LogP contribution in [-0.4, -0.2) is 49.5 Å². The molecule has 0 aliphatic heterocycles. The van der Waals surface area contributed by atoms with E-state index in [9.17, 15) is 8.78 Å². The molecule has 0 saturated heterocycles. The quantitative estimate of drug-likeness (QED) is 0.484. The van der Waals surface area contributed by atoms with Crippen LogP contribution in [0.5, 0.6) is 11.5 Å². The summed E-state index contributed by atoms with van der Waals surface area (Å²) in [6.07, 6.45) is 3.48. The predicted molar refractivity (Wildman–Crippen MR) is 102 cm³/mol. The zero-order chi connectivity index (χ0) is 19.7. The number of pyridine rings is 1. The molecule has 3 aromatic rings. The van der Waals surface area contributed by atoms with E-state index in [4.69, 9.17) is 9.47 Å². The smallest absolute Gasteiger partial charge is 0.187 e. The molecule has 142 valence electrons. The van der Waals surface area contributed by atoms with E-state index in [0.717, 1.165) is 6.07 Å². The van der Waals surface area contributed by atoms with Crippen molar-refractivity contribution in [2.75, 3.05) is 39.5 Å². The molecule has 0 radical (unpaired) electrons. The highest BCUT2D eigenvalue weighted by Gasteiger charge is 2.24. The van der Waals surface area contributed by atoms with Crippen molar-refractivity contribution < 1.29 is 18.3 Å². The molecule has 0 spiro atoms. The zero-order valence-corrected chi connectivity index (χ0v) is 16.3. The number of hydrogen-bond acceptors (Lipinski definition) is 7. The molecule has 3 rings (SSSR count). The number of aromatic nitrogens is 3. The van der Waals surface area contributed by atoms with Crippen LogP contribution >= 0.6 is 11.8 Å². The average Bonchev–Trinajstić information content (AvgIpc) is 2.67. The van der Waals surface area contributed by atoms with Gasteiger partial charge in [0, 0.05) is 31.7 Å². The van der Waals surface area contributed by atoms with E-state index in [1.165, 1.54) is 26.0 Å². The second kappa shape index (κ2) is 7.51. The lowest BCUT2D eigenvalue weighted by Crippen LogP contribution is -2.13. The van der Waals surface area contributed by atoms with Crippen LogP contribution in [0.2, 0.25) is 0 Å². The highest BCUT2D eigenvalue weighted by Crippen LogP contribution is 2.38. The molecule has 0 atom stereocenters. The molecule has 0 bridgehead atoms. The number of benzene rings is 1. The van der Waals surface area contributed by atoms with Crippen molar-refractivity contribution in [2.45, 2.75) is 5.16 Å². The minimum absolute atomic E-state index is 0.0962. The van der Waals surface area contributed by atoms with Crippen molar-refractivity contribution in [2.24, 2.45) is 0 Å². The van der Waals surface area contributed by atoms with Crippen molar-refractivity contribution in [3.8, 4) is 22.8 Å². The average molecular weight is 392 g/mol. The number of fused-ring (bicyclic) bond motifs is 1. The largest absolute Gasteiger partial charge is 0.494 e. The van der Waals surface area contributed by atoms with Gasteiger partial charge in [-0.2, -0.15) is 0 Å². The number of halogens is 2. The molecule has 6 nitrogen and oxygen atoms in total. The Labute approximate surface area is 159 Å². The molecule has 9 heteroatoms. The lowest BCUT2D eigenvalue weighted by Gasteiger charge is -2.17. The standard InChI is InChI=1S/C18H18F2N4O2S/c1-24(2)17-16-9(8-21-18(23-16)27-5)6-10(22-17)13-14(19)11(25-3)7-12(26-4)15(13)20/h6-8H,1-5H3. The van der Waals surface area contributed by atoms with Gasteiger partial charge in [0.2, 0.25) is 0 Å². The number of rotatable bonds is 5. The molecule has 0 aliphatic carbocycles. The summed E-state index contributed by atoms with van der Waals surface area (Å²) in [7, 11) is 6.17. The summed E-state index contributed by atoms with van der Waals surface area (Å²) in [5.74, 6) is -1.50. The Bertz CT molecular complexity index is 986. The van der Waals surface area contributed by atoms with E-state index in [1.807, 2.05) is 6.26 Å². The molecule has 0 unspecified atom stereocenters. The SMILES string of the molecule is COc1cc(OC)c(F)c(-c2cc3cnc(SC)nc3c(N(C)C)n2)c1F. The first-order valence-electron chi connectivity index (χ1n) is 7.90. The summed E-state index contributed by atoms with van der Waals surface area (Å²) in [4.78, 5) is 14.9. The Balaban J connectivity index is 2.36. The number of anilines is 1. The summed E-state index contributed by atoms with van der Waals surface area (Å²) in [5.41, 5.74) is 0.364. The normalized spacial score (nSPS) is 10.9. The lowest BCUT2D eigenvalue weighted by molar-refractivity contribution is 0.359. The van der Waals surface area contributed by atoms with E-state index in [2.05, 4.69) is 15.0 Å². The van der Waals surface area contributed by atoms with Crippen molar-refractivity contribution >= 4 is 28.5 Å². The maximum absolute atomic E-state index is 14.9. The van der Waals surface area contributed by atoms with Crippen LogP contribution in [0.3, 0.4) is 0 Å². The third-order valence-corrected chi connectivity index (χ3v) is 4.52. The zero-order valence-electron chi connectivity index (χ0n) is 15.5. The Morgan fingerprint density at radius 3 is 2.15 bits per heavy atom. The monoisotopic (exact) mass is 392 g/mol. The van der Waals surface area contributed by atoms with Crippen LogP contribution in [0.15, 0.2) is 23.5 Å². The summed E-state index contributed by atoms with van der Waals surface area (Å²) in [6, 6.07) is 2.71. The number of methoxy groups -OCH3 is 2. The van der Waals surface area contributed by atoms with Gasteiger partial charge in [-0.15, -0.1) is 0 Å². The second-order valence-corrected chi connectivity index (χ2v) is 6.58. The van der Waals surface area contributed by atoms with Gasteiger partial charge in [0.1, 0.15) is 5.52 Å². The Morgan fingerprint density at radius 1 is 1.00 bits per heavy atom. The fourth-order valence-corrected chi connectivity index (χ4v) is 3.00. The molecule has 0 N–H and O–H groups in total. The minimum Gasteiger partial charge on any atom is -0.494 e. The van der Waals surface area contributed by atoms with Crippen molar-refractivity contribution in [3.05, 3.63) is 30.0 Å². The third kappa shape index (κ3) is 3.34. The number of thioether (sulfide) groups is 1. The number of hydrogen-bond donors (Lipinski definition) is 0. The number of ether oxygens (including phenoxy) is 2. The molecular formula is C18H18F2N4O2S. The van der Waals surface area contributed by atoms with Crippen LogP contribution in [0, 0.1) is 11.6 Å². The third-order valence-electron chi connectivity index (χ3n) is 3.96. The van der Waals surface area contributed by atoms with Gasteiger partial charge in [-0.3, -0.25) is 0 Å². The predicted octanol–water partition coefficient (Wildman–Crippen LogP) is 3.78. The fraction of sp³-hybridized carbons (Fsp3) is 0.278. The molecule has 2 aromatic heterocycles. The Hall–Kier alpha value is -2.68. The fourth-order valence-electron chi connectivity index (χ4n) is 2.66. The van der Waals surface area contributed by atoms with E-state index < -0.39 is 11.6 Å². The van der Waals surface area contributed by atoms with Gasteiger partial charge in [0.25, 0.3) is 0 Å². The van der Waals surface area contributed by atoms with Crippen LogP contribution in [0.25, 0.3) is 22.2 Å². The van der Waals surface area contributed by atoms with Gasteiger partial charge in [-0.05, 0) is 12.3 Å². The van der Waals surface area contributed by atoms with Gasteiger partial charge in [-0.1, -0.05) is 11.8 Å². The molecule has 2 heterocycles. The van der Waals surface area contributed by atoms with E-state index in [-0.39, 0.29) is 22.8 Å². The van der Waals surface area contributed by atoms with Gasteiger partial charge in [0.15, 0.2) is 34.1 Å². The maximum atomic E-state index is 14.9. The molecule has 27 heavy (non-hydrogen) atoms. The Kier molecular flexibility index (Phi) is 5.31. The van der Waals surface area contributed by atoms with E-state index in [1.54, 1.807) is 31.3 Å². The molecule has 0 saturated carbocycles. The van der Waals surface area contributed by atoms with Crippen molar-refractivity contribution in [1.29, 1.82) is 0 Å². The highest BCUT2D eigenvalue weighted by molar-refractivity contribution is 7.98. The van der Waals surface area contributed by atoms with Crippen LogP contribution in [-0.2, 0) is 0 Å². The first kappa shape index (κ1) is 19.1. The van der Waals surface area contributed by atoms with Crippen molar-refractivity contribution in [3.63, 3.8) is 0 Å². The summed E-state index contributed by atoms with van der Waals surface area (Å²) >= 11 is 1.40. The first-order chi connectivity index (χ1) is 12.9. The molecular weight excluding hydrogens is 374 g/mol. The maximum Gasteiger partial charge on any atom is 0.187 e. The van der Waals surface area contributed by atoms with Gasteiger partial charge in [-0.25, -0.2) is 23.7 Å². The molecule has 1 aromatic carbocycles. The highest BCUT2D eigenvalue weighted by atomic mass is 32.2. The second-order valence-electron chi connectivity index (χ2n) is 5.80. The topological polar surface area (TPSA) is 60.4 Å². The summed E-state index contributed by atoms with van der Waals surface area (Å²) in [5, 5.41) is 1.20. The molecule has 0 fully saturated rings. The lowest BCUT2D eigenvalue weighted by atomic mass is 10.1. The summed E-state index contributed by atoms with van der Waals surface area (Å²) < 4.78 is 39.8. The molecule has 0 amide bonds. The molecule has 0 aliphatic rings. The van der Waals surface area contributed by atoms with Crippen LogP contribution < -0.4 is 14.4 Å². The van der Waals surface area contributed by atoms with E-state index >= 15 is 0 Å². The summed E-state index contributed by atoms with van der Waals surface area (Å²) in [6.45, 7) is 0. The van der Waals surface area contributed by atoms with Gasteiger partial charge < -0.3 is 14.4 Å². The van der Waals surface area contributed by atoms with Crippen LogP contribution in [0.1, 0.15) is 0 Å². The van der Waals surface area contributed by atoms with Crippen LogP contribution in [0.4, 0.5) is 14.6 Å². The van der Waals surface area contributed by atoms with Gasteiger partial charge >= 0.3 is 0 Å². The minimum atomic E-state index is -0.853. The van der Waals surface area contributed by atoms with E-state index in [0.29, 0.717) is 21.9 Å².